The fraction of sp³-hybridized carbons (Fsp3) is 0.545. The molecule has 1 aliphatic heterocycles. The first kappa shape index (κ1) is 24.9. The molecule has 0 radical (unpaired) electrons. The van der Waals surface area contributed by atoms with E-state index in [9.17, 15) is 0 Å². The molecule has 0 aliphatic carbocycles. The monoisotopic (exact) mass is 542 g/mol. The molecule has 0 unspecified atom stereocenters. The van der Waals surface area contributed by atoms with Gasteiger partial charge in [0.05, 0.1) is 18.8 Å². The lowest BCUT2D eigenvalue weighted by molar-refractivity contribution is 0.221. The molecule has 0 bridgehead atoms. The van der Waals surface area contributed by atoms with E-state index in [4.69, 9.17) is 4.99 Å². The minimum absolute atomic E-state index is 0. The van der Waals surface area contributed by atoms with E-state index < -0.39 is 0 Å². The molecule has 3 rings (SSSR count). The standard InChI is InChI=1S/C22H34N6S.HI/c1-4-23-21(25-15-20-17-29-22(26-20)27(2)3)24-14-18-8-10-19(11-9-18)16-28-12-6-5-7-13-28;/h8-11,17H,4-7,12-16H2,1-3H3,(H2,23,24,25);1H. The Balaban J connectivity index is 0.00000320. The van der Waals surface area contributed by atoms with Gasteiger partial charge in [0.25, 0.3) is 0 Å². The number of aromatic nitrogens is 1. The summed E-state index contributed by atoms with van der Waals surface area (Å²) in [7, 11) is 4.03. The first-order valence-electron chi connectivity index (χ1n) is 10.6. The Morgan fingerprint density at radius 2 is 1.80 bits per heavy atom. The van der Waals surface area contributed by atoms with Gasteiger partial charge in [-0.25, -0.2) is 9.98 Å². The normalized spacial score (nSPS) is 14.8. The Labute approximate surface area is 202 Å². The number of thiazole rings is 1. The first-order chi connectivity index (χ1) is 14.1. The van der Waals surface area contributed by atoms with Gasteiger partial charge in [-0.15, -0.1) is 35.3 Å². The molecule has 1 aromatic heterocycles. The van der Waals surface area contributed by atoms with Crippen LogP contribution in [0.2, 0.25) is 0 Å². The van der Waals surface area contributed by atoms with Crippen molar-refractivity contribution in [2.24, 2.45) is 4.99 Å². The third-order valence-corrected chi connectivity index (χ3v) is 6.06. The highest BCUT2D eigenvalue weighted by atomic mass is 127. The van der Waals surface area contributed by atoms with E-state index in [1.165, 1.54) is 43.5 Å². The van der Waals surface area contributed by atoms with Gasteiger partial charge in [0, 0.05) is 32.6 Å². The Morgan fingerprint density at radius 3 is 2.43 bits per heavy atom. The molecule has 6 nitrogen and oxygen atoms in total. The van der Waals surface area contributed by atoms with Gasteiger partial charge in [0.15, 0.2) is 11.1 Å². The number of hydrogen-bond donors (Lipinski definition) is 2. The molecule has 0 atom stereocenters. The molecule has 2 heterocycles. The van der Waals surface area contributed by atoms with Crippen molar-refractivity contribution in [2.45, 2.75) is 45.8 Å². The maximum absolute atomic E-state index is 4.74. The van der Waals surface area contributed by atoms with Crippen molar-refractivity contribution < 1.29 is 0 Å². The lowest BCUT2D eigenvalue weighted by atomic mass is 10.1. The Kier molecular flexibility index (Phi) is 10.9. The minimum Gasteiger partial charge on any atom is -0.357 e. The van der Waals surface area contributed by atoms with Crippen molar-refractivity contribution in [1.82, 2.24) is 20.5 Å². The van der Waals surface area contributed by atoms with Gasteiger partial charge in [-0.1, -0.05) is 30.7 Å². The van der Waals surface area contributed by atoms with Crippen molar-refractivity contribution in [3.63, 3.8) is 0 Å². The summed E-state index contributed by atoms with van der Waals surface area (Å²) in [5.41, 5.74) is 3.66. The lowest BCUT2D eigenvalue weighted by Crippen LogP contribution is -2.36. The minimum atomic E-state index is 0. The number of guanidine groups is 1. The summed E-state index contributed by atoms with van der Waals surface area (Å²) in [6.45, 7) is 7.79. The van der Waals surface area contributed by atoms with E-state index in [1.54, 1.807) is 11.3 Å². The number of rotatable bonds is 8. The summed E-state index contributed by atoms with van der Waals surface area (Å²) in [5, 5.41) is 9.81. The van der Waals surface area contributed by atoms with Crippen LogP contribution in [0.4, 0.5) is 5.13 Å². The van der Waals surface area contributed by atoms with Crippen LogP contribution < -0.4 is 15.5 Å². The summed E-state index contributed by atoms with van der Waals surface area (Å²) in [5.74, 6) is 0.823. The molecule has 0 amide bonds. The van der Waals surface area contributed by atoms with Crippen LogP contribution in [0, 0.1) is 0 Å². The number of nitrogens with zero attached hydrogens (tertiary/aromatic N) is 4. The Morgan fingerprint density at radius 1 is 1.10 bits per heavy atom. The summed E-state index contributed by atoms with van der Waals surface area (Å²) >= 11 is 1.66. The fourth-order valence-electron chi connectivity index (χ4n) is 3.40. The third kappa shape index (κ3) is 8.03. The molecule has 30 heavy (non-hydrogen) atoms. The predicted molar refractivity (Wildman–Crippen MR) is 139 cm³/mol. The summed E-state index contributed by atoms with van der Waals surface area (Å²) < 4.78 is 0. The smallest absolute Gasteiger partial charge is 0.191 e. The van der Waals surface area contributed by atoms with Crippen molar-refractivity contribution in [3.05, 3.63) is 46.5 Å². The zero-order valence-corrected chi connectivity index (χ0v) is 21.5. The van der Waals surface area contributed by atoms with Gasteiger partial charge in [0.1, 0.15) is 0 Å². The SMILES string of the molecule is CCNC(=NCc1ccc(CN2CCCCC2)cc1)NCc1csc(N(C)C)n1.I. The molecule has 1 aliphatic rings. The average Bonchev–Trinajstić information content (AvgIpc) is 3.21. The number of aliphatic imine (C=N–C) groups is 1. The molecule has 1 saturated heterocycles. The third-order valence-electron chi connectivity index (χ3n) is 5.00. The van der Waals surface area contributed by atoms with Crippen molar-refractivity contribution in [2.75, 3.05) is 38.6 Å². The van der Waals surface area contributed by atoms with Gasteiger partial charge in [-0.05, 0) is 44.0 Å². The first-order valence-corrected chi connectivity index (χ1v) is 11.5. The second-order valence-corrected chi connectivity index (χ2v) is 8.55. The van der Waals surface area contributed by atoms with Crippen LogP contribution in [0.15, 0.2) is 34.6 Å². The molecule has 0 saturated carbocycles. The van der Waals surface area contributed by atoms with E-state index in [-0.39, 0.29) is 24.0 Å². The Hall–Kier alpha value is -1.39. The van der Waals surface area contributed by atoms with E-state index in [1.807, 2.05) is 19.0 Å². The Bertz CT molecular complexity index is 768. The van der Waals surface area contributed by atoms with Gasteiger partial charge >= 0.3 is 0 Å². The highest BCUT2D eigenvalue weighted by Crippen LogP contribution is 2.17. The topological polar surface area (TPSA) is 55.8 Å². The van der Waals surface area contributed by atoms with Gasteiger partial charge in [-0.3, -0.25) is 4.90 Å². The molecular formula is C22H35IN6S. The van der Waals surface area contributed by atoms with Crippen LogP contribution >= 0.6 is 35.3 Å². The predicted octanol–water partition coefficient (Wildman–Crippen LogP) is 4.07. The average molecular weight is 543 g/mol. The number of nitrogens with one attached hydrogen (secondary N) is 2. The van der Waals surface area contributed by atoms with Crippen LogP contribution in [0.25, 0.3) is 0 Å². The quantitative estimate of drug-likeness (QED) is 0.299. The fourth-order valence-corrected chi connectivity index (χ4v) is 4.15. The number of hydrogen-bond acceptors (Lipinski definition) is 5. The van der Waals surface area contributed by atoms with E-state index in [0.29, 0.717) is 13.1 Å². The van der Waals surface area contributed by atoms with E-state index in [2.05, 4.69) is 57.1 Å². The number of likely N-dealkylation sites (tertiary alicyclic amines) is 1. The van der Waals surface area contributed by atoms with Crippen molar-refractivity contribution in [3.8, 4) is 0 Å². The number of anilines is 1. The molecule has 166 valence electrons. The number of benzene rings is 1. The summed E-state index contributed by atoms with van der Waals surface area (Å²) in [6.07, 6.45) is 4.06. The number of piperidine rings is 1. The summed E-state index contributed by atoms with van der Waals surface area (Å²) in [6, 6.07) is 8.90. The van der Waals surface area contributed by atoms with Crippen LogP contribution in [-0.2, 0) is 19.6 Å². The molecule has 2 aromatic rings. The molecule has 0 spiro atoms. The second-order valence-electron chi connectivity index (χ2n) is 7.72. The van der Waals surface area contributed by atoms with Crippen LogP contribution in [0.1, 0.15) is 43.0 Å². The second kappa shape index (κ2) is 13.1. The largest absolute Gasteiger partial charge is 0.357 e. The molecule has 1 fully saturated rings. The maximum Gasteiger partial charge on any atom is 0.191 e. The van der Waals surface area contributed by atoms with Crippen LogP contribution in [-0.4, -0.2) is 49.6 Å². The maximum atomic E-state index is 4.74. The van der Waals surface area contributed by atoms with E-state index in [0.717, 1.165) is 29.9 Å². The molecule has 8 heteroatoms. The van der Waals surface area contributed by atoms with Crippen molar-refractivity contribution >= 4 is 46.4 Å². The van der Waals surface area contributed by atoms with Crippen LogP contribution in [0.3, 0.4) is 0 Å². The van der Waals surface area contributed by atoms with Crippen LogP contribution in [0.5, 0.6) is 0 Å². The van der Waals surface area contributed by atoms with Gasteiger partial charge in [-0.2, -0.15) is 0 Å². The lowest BCUT2D eigenvalue weighted by Gasteiger charge is -2.26. The number of halogens is 1. The summed E-state index contributed by atoms with van der Waals surface area (Å²) in [4.78, 5) is 13.9. The molecule has 2 N–H and O–H groups in total. The van der Waals surface area contributed by atoms with Gasteiger partial charge < -0.3 is 15.5 Å². The molecule has 1 aromatic carbocycles. The zero-order valence-electron chi connectivity index (χ0n) is 18.4. The highest BCUT2D eigenvalue weighted by molar-refractivity contribution is 14.0. The van der Waals surface area contributed by atoms with E-state index >= 15 is 0 Å². The zero-order chi connectivity index (χ0) is 20.5. The van der Waals surface area contributed by atoms with Crippen molar-refractivity contribution in [1.29, 1.82) is 0 Å². The highest BCUT2D eigenvalue weighted by Gasteiger charge is 2.10. The van der Waals surface area contributed by atoms with Gasteiger partial charge in [0.2, 0.25) is 0 Å². The molecular weight excluding hydrogens is 507 g/mol.